The molecule has 2 N–H and O–H groups in total. The Morgan fingerprint density at radius 2 is 2.07 bits per heavy atom. The first-order chi connectivity index (χ1) is 6.23. The standard InChI is InChI=1S/C8H13F3N2O/c1-7(2)4-12-3-5(7)13-6(14)8(9,10)11/h5,12H,3-4H2,1-2H3,(H,13,14). The van der Waals surface area contributed by atoms with Gasteiger partial charge in [-0.2, -0.15) is 13.2 Å². The number of alkyl halides is 3. The predicted octanol–water partition coefficient (Wildman–Crippen LogP) is 0.663. The summed E-state index contributed by atoms with van der Waals surface area (Å²) >= 11 is 0. The minimum absolute atomic E-state index is 0.332. The van der Waals surface area contributed by atoms with Crippen molar-refractivity contribution in [2.75, 3.05) is 13.1 Å². The third-order valence-electron chi connectivity index (χ3n) is 2.44. The number of hydrogen-bond acceptors (Lipinski definition) is 2. The highest BCUT2D eigenvalue weighted by molar-refractivity contribution is 5.82. The fourth-order valence-electron chi connectivity index (χ4n) is 1.42. The third-order valence-corrected chi connectivity index (χ3v) is 2.44. The molecule has 1 fully saturated rings. The lowest BCUT2D eigenvalue weighted by Crippen LogP contribution is -2.49. The summed E-state index contributed by atoms with van der Waals surface area (Å²) in [6, 6.07) is -0.461. The van der Waals surface area contributed by atoms with E-state index < -0.39 is 18.1 Å². The van der Waals surface area contributed by atoms with Gasteiger partial charge in [-0.1, -0.05) is 13.8 Å². The Bertz CT molecular complexity index is 237. The van der Waals surface area contributed by atoms with E-state index in [1.54, 1.807) is 0 Å². The predicted molar refractivity (Wildman–Crippen MR) is 44.6 cm³/mol. The van der Waals surface area contributed by atoms with Crippen LogP contribution in [0.15, 0.2) is 0 Å². The van der Waals surface area contributed by atoms with Crippen molar-refractivity contribution in [2.24, 2.45) is 5.41 Å². The highest BCUT2D eigenvalue weighted by Crippen LogP contribution is 2.25. The summed E-state index contributed by atoms with van der Waals surface area (Å²) in [6.45, 7) is 4.62. The van der Waals surface area contributed by atoms with Gasteiger partial charge >= 0.3 is 12.1 Å². The Kier molecular flexibility index (Phi) is 2.76. The first-order valence-electron chi connectivity index (χ1n) is 4.32. The second-order valence-electron chi connectivity index (χ2n) is 4.14. The summed E-state index contributed by atoms with van der Waals surface area (Å²) in [4.78, 5) is 10.6. The van der Waals surface area contributed by atoms with Crippen LogP contribution in [0.4, 0.5) is 13.2 Å². The maximum absolute atomic E-state index is 11.9. The van der Waals surface area contributed by atoms with Crippen LogP contribution in [0.3, 0.4) is 0 Å². The lowest BCUT2D eigenvalue weighted by Gasteiger charge is -2.26. The molecule has 0 spiro atoms. The summed E-state index contributed by atoms with van der Waals surface area (Å²) in [7, 11) is 0. The molecule has 0 radical (unpaired) electrons. The Morgan fingerprint density at radius 1 is 1.50 bits per heavy atom. The number of hydrogen-bond donors (Lipinski definition) is 2. The van der Waals surface area contributed by atoms with Gasteiger partial charge in [-0.05, 0) is 5.41 Å². The van der Waals surface area contributed by atoms with Crippen molar-refractivity contribution in [3.05, 3.63) is 0 Å². The molecule has 1 saturated heterocycles. The van der Waals surface area contributed by atoms with Crippen molar-refractivity contribution in [1.29, 1.82) is 0 Å². The molecule has 1 atom stereocenters. The van der Waals surface area contributed by atoms with Crippen molar-refractivity contribution in [2.45, 2.75) is 26.1 Å². The molecule has 14 heavy (non-hydrogen) atoms. The number of amides is 1. The molecule has 0 aromatic carbocycles. The maximum Gasteiger partial charge on any atom is 0.471 e. The van der Waals surface area contributed by atoms with Gasteiger partial charge < -0.3 is 10.6 Å². The minimum Gasteiger partial charge on any atom is -0.344 e. The lowest BCUT2D eigenvalue weighted by atomic mass is 9.88. The van der Waals surface area contributed by atoms with Crippen LogP contribution in [-0.4, -0.2) is 31.2 Å². The zero-order valence-corrected chi connectivity index (χ0v) is 8.03. The lowest BCUT2D eigenvalue weighted by molar-refractivity contribution is -0.174. The van der Waals surface area contributed by atoms with Crippen molar-refractivity contribution in [3.63, 3.8) is 0 Å². The molecular weight excluding hydrogens is 197 g/mol. The highest BCUT2D eigenvalue weighted by Gasteiger charge is 2.43. The summed E-state index contributed by atoms with van der Waals surface area (Å²) in [5, 5.41) is 4.92. The molecule has 0 aromatic heterocycles. The molecule has 6 heteroatoms. The number of carbonyl (C=O) groups is 1. The molecule has 1 heterocycles. The molecule has 3 nitrogen and oxygen atoms in total. The Labute approximate surface area is 80.0 Å². The van der Waals surface area contributed by atoms with Crippen LogP contribution in [0.25, 0.3) is 0 Å². The van der Waals surface area contributed by atoms with Crippen LogP contribution < -0.4 is 10.6 Å². The molecule has 1 rings (SSSR count). The van der Waals surface area contributed by atoms with Gasteiger partial charge in [0.15, 0.2) is 0 Å². The van der Waals surface area contributed by atoms with Gasteiger partial charge in [0.25, 0.3) is 0 Å². The van der Waals surface area contributed by atoms with E-state index in [9.17, 15) is 18.0 Å². The molecule has 1 aliphatic heterocycles. The second kappa shape index (κ2) is 3.42. The van der Waals surface area contributed by atoms with Gasteiger partial charge in [-0.25, -0.2) is 0 Å². The number of halogens is 3. The summed E-state index contributed by atoms with van der Waals surface area (Å²) < 4.78 is 35.8. The molecule has 0 aliphatic carbocycles. The van der Waals surface area contributed by atoms with Gasteiger partial charge in [0.1, 0.15) is 0 Å². The zero-order valence-electron chi connectivity index (χ0n) is 8.03. The topological polar surface area (TPSA) is 41.1 Å². The average molecular weight is 210 g/mol. The molecule has 1 amide bonds. The Balaban J connectivity index is 2.57. The number of carbonyl (C=O) groups excluding carboxylic acids is 1. The van der Waals surface area contributed by atoms with Crippen LogP contribution >= 0.6 is 0 Å². The summed E-state index contributed by atoms with van der Waals surface area (Å²) in [6.07, 6.45) is -4.79. The van der Waals surface area contributed by atoms with Gasteiger partial charge in [-0.15, -0.1) is 0 Å². The summed E-state index contributed by atoms with van der Waals surface area (Å²) in [5.74, 6) is -1.86. The maximum atomic E-state index is 11.9. The van der Waals surface area contributed by atoms with Crippen LogP contribution in [0, 0.1) is 5.41 Å². The van der Waals surface area contributed by atoms with E-state index in [-0.39, 0.29) is 5.41 Å². The first-order valence-corrected chi connectivity index (χ1v) is 4.32. The van der Waals surface area contributed by atoms with Crippen molar-refractivity contribution >= 4 is 5.91 Å². The zero-order chi connectivity index (χ0) is 11.0. The van der Waals surface area contributed by atoms with Gasteiger partial charge in [0, 0.05) is 19.1 Å². The van der Waals surface area contributed by atoms with E-state index in [0.717, 1.165) is 0 Å². The molecule has 82 valence electrons. The van der Waals surface area contributed by atoms with Gasteiger partial charge in [-0.3, -0.25) is 4.79 Å². The van der Waals surface area contributed by atoms with E-state index in [1.165, 1.54) is 0 Å². The second-order valence-corrected chi connectivity index (χ2v) is 4.14. The first kappa shape index (κ1) is 11.3. The molecule has 0 saturated carbocycles. The number of nitrogens with one attached hydrogen (secondary N) is 2. The smallest absolute Gasteiger partial charge is 0.344 e. The van der Waals surface area contributed by atoms with Crippen molar-refractivity contribution < 1.29 is 18.0 Å². The van der Waals surface area contributed by atoms with Crippen molar-refractivity contribution in [3.8, 4) is 0 Å². The molecule has 1 aliphatic rings. The van der Waals surface area contributed by atoms with Crippen LogP contribution in [0.5, 0.6) is 0 Å². The Morgan fingerprint density at radius 3 is 2.43 bits per heavy atom. The van der Waals surface area contributed by atoms with E-state index in [2.05, 4.69) is 5.32 Å². The van der Waals surface area contributed by atoms with E-state index in [4.69, 9.17) is 0 Å². The number of rotatable bonds is 1. The van der Waals surface area contributed by atoms with E-state index in [1.807, 2.05) is 19.2 Å². The highest BCUT2D eigenvalue weighted by atomic mass is 19.4. The van der Waals surface area contributed by atoms with Crippen LogP contribution in [0.1, 0.15) is 13.8 Å². The summed E-state index contributed by atoms with van der Waals surface area (Å²) in [5.41, 5.74) is -0.332. The van der Waals surface area contributed by atoms with Gasteiger partial charge in [0.05, 0.1) is 0 Å². The Hall–Kier alpha value is -0.780. The fraction of sp³-hybridized carbons (Fsp3) is 0.875. The molecule has 1 unspecified atom stereocenters. The van der Waals surface area contributed by atoms with Crippen molar-refractivity contribution in [1.82, 2.24) is 10.6 Å². The molecule has 0 aromatic rings. The average Bonchev–Trinajstić information content (AvgIpc) is 2.29. The molecular formula is C8H13F3N2O. The van der Waals surface area contributed by atoms with Crippen LogP contribution in [0.2, 0.25) is 0 Å². The fourth-order valence-corrected chi connectivity index (χ4v) is 1.42. The minimum atomic E-state index is -4.79. The normalized spacial score (nSPS) is 26.2. The SMILES string of the molecule is CC1(C)CNCC1NC(=O)C(F)(F)F. The van der Waals surface area contributed by atoms with Crippen LogP contribution in [-0.2, 0) is 4.79 Å². The monoisotopic (exact) mass is 210 g/mol. The quantitative estimate of drug-likeness (QED) is 0.667. The third kappa shape index (κ3) is 2.37. The molecule has 0 bridgehead atoms. The largest absolute Gasteiger partial charge is 0.471 e. The van der Waals surface area contributed by atoms with E-state index >= 15 is 0 Å². The van der Waals surface area contributed by atoms with E-state index in [0.29, 0.717) is 13.1 Å². The van der Waals surface area contributed by atoms with Gasteiger partial charge in [0.2, 0.25) is 0 Å².